The molecule has 9 nitrogen and oxygen atoms in total. The van der Waals surface area contributed by atoms with E-state index in [4.69, 9.17) is 11.6 Å². The number of halogens is 1. The molecule has 0 saturated heterocycles. The largest absolute Gasteiger partial charge is 0.383 e. The standard InChI is InChI=1S/C20H22ClN5O4S/c1-5-25-18-9-7-14(31(29,30)24(3)4)12-17(18)23-20(25)15(21)10-13-6-8-16(22-2)19(11-13)26(27)28/h6-12,22H,5H2,1-4H3/b15-10-. The number of sulfonamides is 1. The van der Waals surface area contributed by atoms with Crippen LogP contribution in [-0.2, 0) is 16.6 Å². The predicted molar refractivity (Wildman–Crippen MR) is 123 cm³/mol. The zero-order valence-electron chi connectivity index (χ0n) is 17.5. The lowest BCUT2D eigenvalue weighted by Gasteiger charge is -2.11. The summed E-state index contributed by atoms with van der Waals surface area (Å²) in [4.78, 5) is 15.5. The van der Waals surface area contributed by atoms with Crippen LogP contribution in [0.25, 0.3) is 22.1 Å². The zero-order valence-corrected chi connectivity index (χ0v) is 19.0. The lowest BCUT2D eigenvalue weighted by atomic mass is 10.1. The van der Waals surface area contributed by atoms with Gasteiger partial charge in [0.25, 0.3) is 5.69 Å². The van der Waals surface area contributed by atoms with Gasteiger partial charge in [-0.2, -0.15) is 0 Å². The molecule has 11 heteroatoms. The first kappa shape index (κ1) is 22.7. The van der Waals surface area contributed by atoms with Gasteiger partial charge in [-0.3, -0.25) is 10.1 Å². The number of anilines is 1. The number of imidazole rings is 1. The van der Waals surface area contributed by atoms with Crippen LogP contribution in [0, 0.1) is 10.1 Å². The van der Waals surface area contributed by atoms with E-state index in [1.54, 1.807) is 31.3 Å². The molecule has 0 atom stereocenters. The summed E-state index contributed by atoms with van der Waals surface area (Å²) in [6.45, 7) is 2.47. The van der Waals surface area contributed by atoms with Gasteiger partial charge in [-0.15, -0.1) is 0 Å². The summed E-state index contributed by atoms with van der Waals surface area (Å²) in [6.07, 6.45) is 1.60. The molecular formula is C20H22ClN5O4S. The molecule has 0 fully saturated rings. The van der Waals surface area contributed by atoms with Gasteiger partial charge in [0.1, 0.15) is 5.69 Å². The lowest BCUT2D eigenvalue weighted by molar-refractivity contribution is -0.383. The van der Waals surface area contributed by atoms with Gasteiger partial charge in [0, 0.05) is 33.8 Å². The molecule has 31 heavy (non-hydrogen) atoms. The molecule has 1 aromatic heterocycles. The molecule has 0 radical (unpaired) electrons. The first-order valence-electron chi connectivity index (χ1n) is 9.36. The monoisotopic (exact) mass is 463 g/mol. The molecule has 0 aliphatic carbocycles. The van der Waals surface area contributed by atoms with Gasteiger partial charge in [0.05, 0.1) is 25.9 Å². The quantitative estimate of drug-likeness (QED) is 0.419. The zero-order chi connectivity index (χ0) is 22.9. The van der Waals surface area contributed by atoms with Crippen LogP contribution >= 0.6 is 11.6 Å². The number of nitro benzene ring substituents is 1. The maximum absolute atomic E-state index is 12.4. The number of nitrogens with zero attached hydrogens (tertiary/aromatic N) is 4. The Morgan fingerprint density at radius 2 is 2.00 bits per heavy atom. The van der Waals surface area contributed by atoms with E-state index in [1.807, 2.05) is 11.5 Å². The molecule has 0 bridgehead atoms. The molecule has 0 unspecified atom stereocenters. The fourth-order valence-electron chi connectivity index (χ4n) is 3.20. The minimum Gasteiger partial charge on any atom is -0.383 e. The highest BCUT2D eigenvalue weighted by Gasteiger charge is 2.20. The second-order valence-electron chi connectivity index (χ2n) is 6.89. The first-order chi connectivity index (χ1) is 14.6. The molecule has 1 N–H and O–H groups in total. The Kier molecular flexibility index (Phi) is 6.35. The van der Waals surface area contributed by atoms with Gasteiger partial charge < -0.3 is 9.88 Å². The second-order valence-corrected chi connectivity index (χ2v) is 9.45. The van der Waals surface area contributed by atoms with E-state index in [-0.39, 0.29) is 15.6 Å². The van der Waals surface area contributed by atoms with Crippen molar-refractivity contribution in [2.24, 2.45) is 0 Å². The van der Waals surface area contributed by atoms with E-state index in [0.717, 1.165) is 9.82 Å². The summed E-state index contributed by atoms with van der Waals surface area (Å²) < 4.78 is 27.9. The third-order valence-electron chi connectivity index (χ3n) is 4.81. The average molecular weight is 464 g/mol. The van der Waals surface area contributed by atoms with E-state index < -0.39 is 14.9 Å². The number of aromatic nitrogens is 2. The van der Waals surface area contributed by atoms with Gasteiger partial charge >= 0.3 is 0 Å². The normalized spacial score (nSPS) is 12.5. The van der Waals surface area contributed by atoms with E-state index in [1.165, 1.54) is 32.3 Å². The van der Waals surface area contributed by atoms with Crippen molar-refractivity contribution >= 4 is 55.1 Å². The number of nitro groups is 1. The lowest BCUT2D eigenvalue weighted by Crippen LogP contribution is -2.22. The van der Waals surface area contributed by atoms with Gasteiger partial charge in [-0.25, -0.2) is 17.7 Å². The summed E-state index contributed by atoms with van der Waals surface area (Å²) in [6, 6.07) is 9.48. The fraction of sp³-hybridized carbons (Fsp3) is 0.250. The second kappa shape index (κ2) is 8.66. The van der Waals surface area contributed by atoms with E-state index >= 15 is 0 Å². The van der Waals surface area contributed by atoms with Crippen molar-refractivity contribution < 1.29 is 13.3 Å². The smallest absolute Gasteiger partial charge is 0.292 e. The average Bonchev–Trinajstić information content (AvgIpc) is 3.11. The molecule has 2 aromatic carbocycles. The molecule has 1 heterocycles. The highest BCUT2D eigenvalue weighted by atomic mass is 35.5. The molecule has 0 aliphatic heterocycles. The number of hydrogen-bond donors (Lipinski definition) is 1. The third kappa shape index (κ3) is 4.27. The van der Waals surface area contributed by atoms with Crippen molar-refractivity contribution in [2.45, 2.75) is 18.4 Å². The molecule has 0 amide bonds. The Labute approximate surface area is 185 Å². The Morgan fingerprint density at radius 3 is 2.58 bits per heavy atom. The molecule has 0 spiro atoms. The van der Waals surface area contributed by atoms with E-state index in [2.05, 4.69) is 10.3 Å². The van der Waals surface area contributed by atoms with Gasteiger partial charge in [-0.1, -0.05) is 17.7 Å². The van der Waals surface area contributed by atoms with E-state index in [0.29, 0.717) is 29.1 Å². The van der Waals surface area contributed by atoms with E-state index in [9.17, 15) is 18.5 Å². The fourth-order valence-corrected chi connectivity index (χ4v) is 4.39. The maximum atomic E-state index is 12.4. The minimum atomic E-state index is -3.60. The van der Waals surface area contributed by atoms with Crippen LogP contribution in [0.15, 0.2) is 41.3 Å². The van der Waals surface area contributed by atoms with Crippen molar-refractivity contribution in [1.82, 2.24) is 13.9 Å². The van der Waals surface area contributed by atoms with Crippen LogP contribution in [-0.4, -0.2) is 48.3 Å². The van der Waals surface area contributed by atoms with Crippen molar-refractivity contribution in [1.29, 1.82) is 0 Å². The number of fused-ring (bicyclic) bond motifs is 1. The topological polar surface area (TPSA) is 110 Å². The van der Waals surface area contributed by atoms with Gasteiger partial charge in [0.2, 0.25) is 10.0 Å². The predicted octanol–water partition coefficient (Wildman–Crippen LogP) is 3.99. The SMILES string of the molecule is CCn1c(/C(Cl)=C/c2ccc(NC)c([N+](=O)[O-])c2)nc2cc(S(=O)(=O)N(C)C)ccc21. The summed E-state index contributed by atoms with van der Waals surface area (Å²) in [7, 11) is 0.942. The van der Waals surface area contributed by atoms with Crippen LogP contribution < -0.4 is 5.32 Å². The summed E-state index contributed by atoms with van der Waals surface area (Å²) in [5.74, 6) is 0.443. The summed E-state index contributed by atoms with van der Waals surface area (Å²) in [5.41, 5.74) is 2.10. The highest BCUT2D eigenvalue weighted by molar-refractivity contribution is 7.89. The van der Waals surface area contributed by atoms with Gasteiger partial charge in [0.15, 0.2) is 5.82 Å². The number of rotatable bonds is 7. The summed E-state index contributed by atoms with van der Waals surface area (Å²) >= 11 is 6.55. The number of nitrogens with one attached hydrogen (secondary N) is 1. The molecule has 0 saturated carbocycles. The molecule has 0 aliphatic rings. The van der Waals surface area contributed by atoms with Crippen molar-refractivity contribution in [3.05, 3.63) is 57.9 Å². The Balaban J connectivity index is 2.11. The Morgan fingerprint density at radius 1 is 1.29 bits per heavy atom. The minimum absolute atomic E-state index is 0.0664. The Hall–Kier alpha value is -2.95. The number of aryl methyl sites for hydroxylation is 1. The third-order valence-corrected chi connectivity index (χ3v) is 6.90. The van der Waals surface area contributed by atoms with Crippen LogP contribution in [0.1, 0.15) is 18.3 Å². The highest BCUT2D eigenvalue weighted by Crippen LogP contribution is 2.30. The molecule has 3 rings (SSSR count). The molecular weight excluding hydrogens is 442 g/mol. The van der Waals surface area contributed by atoms with Gasteiger partial charge in [-0.05, 0) is 42.8 Å². The van der Waals surface area contributed by atoms with Crippen molar-refractivity contribution in [3.63, 3.8) is 0 Å². The number of hydrogen-bond acceptors (Lipinski definition) is 6. The maximum Gasteiger partial charge on any atom is 0.292 e. The first-order valence-corrected chi connectivity index (χ1v) is 11.2. The molecule has 164 valence electrons. The van der Waals surface area contributed by atoms with Crippen LogP contribution in [0.5, 0.6) is 0 Å². The van der Waals surface area contributed by atoms with Crippen LogP contribution in [0.2, 0.25) is 0 Å². The number of benzene rings is 2. The van der Waals surface area contributed by atoms with Crippen LogP contribution in [0.3, 0.4) is 0 Å². The van der Waals surface area contributed by atoms with Crippen molar-refractivity contribution in [2.75, 3.05) is 26.5 Å². The van der Waals surface area contributed by atoms with Crippen LogP contribution in [0.4, 0.5) is 11.4 Å². The Bertz CT molecular complexity index is 1300. The molecule has 3 aromatic rings. The van der Waals surface area contributed by atoms with Crippen molar-refractivity contribution in [3.8, 4) is 0 Å². The summed E-state index contributed by atoms with van der Waals surface area (Å²) in [5, 5.41) is 14.4.